The van der Waals surface area contributed by atoms with Crippen molar-refractivity contribution < 1.29 is 9.53 Å². The second-order valence-corrected chi connectivity index (χ2v) is 2.86. The fourth-order valence-corrected chi connectivity index (χ4v) is 1.02. The average molecular weight is 249 g/mol. The fourth-order valence-electron chi connectivity index (χ4n) is 0.664. The van der Waals surface area contributed by atoms with Gasteiger partial charge in [-0.25, -0.2) is 9.79 Å². The minimum Gasteiger partial charge on any atom is -0.462 e. The summed E-state index contributed by atoms with van der Waals surface area (Å²) in [7, 11) is 0. The molecule has 0 aliphatic carbocycles. The van der Waals surface area contributed by atoms with Crippen molar-refractivity contribution in [1.82, 2.24) is 15.0 Å². The molecule has 0 aliphatic rings. The monoisotopic (exact) mass is 248 g/mol. The quantitative estimate of drug-likeness (QED) is 0.598. The number of hydrogen-bond acceptors (Lipinski definition) is 6. The lowest BCUT2D eigenvalue weighted by Gasteiger charge is -1.95. The van der Waals surface area contributed by atoms with E-state index >= 15 is 0 Å². The number of rotatable bonds is 3. The van der Waals surface area contributed by atoms with Crippen LogP contribution in [0.5, 0.6) is 0 Å². The second-order valence-electron chi connectivity index (χ2n) is 2.18. The molecule has 0 aliphatic heterocycles. The number of esters is 1. The van der Waals surface area contributed by atoms with Gasteiger partial charge in [-0.05, 0) is 30.1 Å². The Bertz CT molecular complexity index is 376. The van der Waals surface area contributed by atoms with Crippen LogP contribution in [-0.2, 0) is 9.53 Å². The molecule has 0 unspecified atom stereocenters. The van der Waals surface area contributed by atoms with Crippen molar-refractivity contribution in [1.29, 1.82) is 0 Å². The molecule has 0 saturated heterocycles. The Morgan fingerprint density at radius 3 is 2.53 bits per heavy atom. The maximum Gasteiger partial charge on any atom is 0.349 e. The predicted molar refractivity (Wildman–Crippen MR) is 54.6 cm³/mol. The third-order valence-corrected chi connectivity index (χ3v) is 1.48. The highest BCUT2D eigenvalue weighted by atomic mass is 35.5. The molecule has 0 spiro atoms. The number of aliphatic imine (C=N–C) groups is 1. The largest absolute Gasteiger partial charge is 0.462 e. The summed E-state index contributed by atoms with van der Waals surface area (Å²) in [5.41, 5.74) is 0. The molecule has 1 rings (SSSR count). The normalized spacial score (nSPS) is 10.6. The lowest BCUT2D eigenvalue weighted by Crippen LogP contribution is -2.04. The smallest absolute Gasteiger partial charge is 0.349 e. The van der Waals surface area contributed by atoms with Crippen LogP contribution >= 0.6 is 23.2 Å². The zero-order chi connectivity index (χ0) is 11.3. The van der Waals surface area contributed by atoms with Crippen LogP contribution in [-0.4, -0.2) is 33.7 Å². The fraction of sp³-hybridized carbons (Fsp3) is 0.286. The number of aromatic nitrogens is 3. The molecule has 0 atom stereocenters. The minimum atomic E-state index is -0.592. The zero-order valence-electron chi connectivity index (χ0n) is 7.65. The summed E-state index contributed by atoms with van der Waals surface area (Å²) in [6.07, 6.45) is 0.936. The molecule has 0 fully saturated rings. The highest BCUT2D eigenvalue weighted by molar-refractivity contribution is 6.31. The zero-order valence-corrected chi connectivity index (χ0v) is 9.16. The molecular weight excluding hydrogens is 243 g/mol. The van der Waals surface area contributed by atoms with Gasteiger partial charge in [0.25, 0.3) is 5.95 Å². The Balaban J connectivity index is 2.76. The maximum atomic E-state index is 10.9. The average Bonchev–Trinajstić information content (AvgIpc) is 2.14. The first-order chi connectivity index (χ1) is 7.11. The Morgan fingerprint density at radius 2 is 2.00 bits per heavy atom. The summed E-state index contributed by atoms with van der Waals surface area (Å²) in [6, 6.07) is 0. The summed E-state index contributed by atoms with van der Waals surface area (Å²) in [6.45, 7) is 1.95. The maximum absolute atomic E-state index is 10.9. The van der Waals surface area contributed by atoms with E-state index < -0.39 is 5.97 Å². The summed E-state index contributed by atoms with van der Waals surface area (Å²) < 4.78 is 4.60. The van der Waals surface area contributed by atoms with Crippen LogP contribution in [0.3, 0.4) is 0 Å². The van der Waals surface area contributed by atoms with E-state index in [0.717, 1.165) is 6.21 Å². The van der Waals surface area contributed by atoms with E-state index in [1.54, 1.807) is 6.92 Å². The van der Waals surface area contributed by atoms with Gasteiger partial charge in [0.05, 0.1) is 6.61 Å². The van der Waals surface area contributed by atoms with Crippen molar-refractivity contribution in [2.45, 2.75) is 6.92 Å². The summed E-state index contributed by atoms with van der Waals surface area (Å²) in [5, 5.41) is -0.183. The summed E-state index contributed by atoms with van der Waals surface area (Å²) >= 11 is 11.0. The van der Waals surface area contributed by atoms with Crippen LogP contribution in [0.2, 0.25) is 10.6 Å². The molecule has 8 heteroatoms. The molecule has 0 amide bonds. The number of ether oxygens (including phenoxy) is 1. The van der Waals surface area contributed by atoms with Gasteiger partial charge in [-0.3, -0.25) is 0 Å². The van der Waals surface area contributed by atoms with E-state index in [0.29, 0.717) is 0 Å². The van der Waals surface area contributed by atoms with Gasteiger partial charge in [0.15, 0.2) is 0 Å². The lowest BCUT2D eigenvalue weighted by atomic mass is 10.7. The van der Waals surface area contributed by atoms with E-state index in [4.69, 9.17) is 23.2 Å². The van der Waals surface area contributed by atoms with Crippen molar-refractivity contribution in [3.05, 3.63) is 10.6 Å². The first-order valence-electron chi connectivity index (χ1n) is 3.89. The Morgan fingerprint density at radius 1 is 1.40 bits per heavy atom. The molecule has 0 saturated carbocycles. The van der Waals surface area contributed by atoms with Crippen molar-refractivity contribution in [3.63, 3.8) is 0 Å². The minimum absolute atomic E-state index is 0.0481. The summed E-state index contributed by atoms with van der Waals surface area (Å²) in [4.78, 5) is 25.2. The Kier molecular flexibility index (Phi) is 4.38. The highest BCUT2D eigenvalue weighted by Crippen LogP contribution is 2.11. The Hall–Kier alpha value is -1.27. The molecule has 15 heavy (non-hydrogen) atoms. The number of halogens is 2. The van der Waals surface area contributed by atoms with Crippen LogP contribution in [0.25, 0.3) is 0 Å². The van der Waals surface area contributed by atoms with Gasteiger partial charge >= 0.3 is 5.97 Å². The molecular formula is C7H6Cl2N4O2. The van der Waals surface area contributed by atoms with Gasteiger partial charge in [0.1, 0.15) is 6.21 Å². The lowest BCUT2D eigenvalue weighted by molar-refractivity contribution is -0.134. The van der Waals surface area contributed by atoms with Crippen LogP contribution in [0.15, 0.2) is 4.99 Å². The van der Waals surface area contributed by atoms with Gasteiger partial charge in [-0.1, -0.05) is 0 Å². The molecule has 0 radical (unpaired) electrons. The van der Waals surface area contributed by atoms with E-state index in [1.807, 2.05) is 0 Å². The van der Waals surface area contributed by atoms with Crippen LogP contribution in [0.4, 0.5) is 5.95 Å². The van der Waals surface area contributed by atoms with Gasteiger partial charge in [0, 0.05) is 0 Å². The van der Waals surface area contributed by atoms with Gasteiger partial charge in [-0.2, -0.15) is 15.0 Å². The number of carbonyl (C=O) groups excluding carboxylic acids is 1. The third-order valence-electron chi connectivity index (χ3n) is 1.14. The second kappa shape index (κ2) is 5.57. The molecule has 80 valence electrons. The number of carbonyl (C=O) groups is 1. The molecule has 1 heterocycles. The van der Waals surface area contributed by atoms with Crippen molar-refractivity contribution in [3.8, 4) is 0 Å². The van der Waals surface area contributed by atoms with Crippen LogP contribution in [0.1, 0.15) is 6.92 Å². The third kappa shape index (κ3) is 4.18. The van der Waals surface area contributed by atoms with Crippen molar-refractivity contribution in [2.24, 2.45) is 4.99 Å². The van der Waals surface area contributed by atoms with Gasteiger partial charge < -0.3 is 4.74 Å². The molecule has 0 N–H and O–H groups in total. The molecule has 0 bridgehead atoms. The number of hydrogen-bond donors (Lipinski definition) is 0. The van der Waals surface area contributed by atoms with E-state index in [2.05, 4.69) is 24.7 Å². The first kappa shape index (κ1) is 11.8. The Labute approximate surface area is 95.3 Å². The molecule has 1 aromatic heterocycles. The molecule has 0 aromatic carbocycles. The van der Waals surface area contributed by atoms with Crippen LogP contribution in [0, 0.1) is 0 Å². The summed E-state index contributed by atoms with van der Waals surface area (Å²) in [5.74, 6) is -0.641. The predicted octanol–water partition coefficient (Wildman–Crippen LogP) is 1.44. The molecule has 6 nitrogen and oxygen atoms in total. The van der Waals surface area contributed by atoms with Crippen molar-refractivity contribution in [2.75, 3.05) is 6.61 Å². The first-order valence-corrected chi connectivity index (χ1v) is 4.65. The standard InChI is InChI=1S/C7H6Cl2N4O2/c1-2-15-4(14)3-10-7-12-5(8)11-6(9)13-7/h3H,2H2,1H3/b10-3+. The SMILES string of the molecule is CCOC(=O)/C=N/c1nc(Cl)nc(Cl)n1. The molecule has 1 aromatic rings. The van der Waals surface area contributed by atoms with E-state index in [9.17, 15) is 4.79 Å². The van der Waals surface area contributed by atoms with Gasteiger partial charge in [0.2, 0.25) is 10.6 Å². The highest BCUT2D eigenvalue weighted by Gasteiger charge is 2.02. The topological polar surface area (TPSA) is 77.3 Å². The number of nitrogens with zero attached hydrogens (tertiary/aromatic N) is 4. The van der Waals surface area contributed by atoms with Crippen molar-refractivity contribution >= 4 is 41.3 Å². The van der Waals surface area contributed by atoms with E-state index in [-0.39, 0.29) is 23.1 Å². The van der Waals surface area contributed by atoms with Crippen LogP contribution < -0.4 is 0 Å². The van der Waals surface area contributed by atoms with E-state index in [1.165, 1.54) is 0 Å². The van der Waals surface area contributed by atoms with Gasteiger partial charge in [-0.15, -0.1) is 0 Å².